The molecule has 4 unspecified atom stereocenters. The maximum atomic E-state index is 8.34. The zero-order valence-corrected chi connectivity index (χ0v) is 12.0. The van der Waals surface area contributed by atoms with Crippen LogP contribution in [0, 0.1) is 23.2 Å². The molecule has 90 valence electrons. The topological polar surface area (TPSA) is 23.9 Å². The maximum absolute atomic E-state index is 8.34. The van der Waals surface area contributed by atoms with Crippen LogP contribution in [0.15, 0.2) is 0 Å². The first-order valence-electron chi connectivity index (χ1n) is 6.87. The molecule has 0 bridgehead atoms. The second-order valence-corrected chi connectivity index (χ2v) is 6.33. The summed E-state index contributed by atoms with van der Waals surface area (Å²) in [4.78, 5) is 0. The summed E-state index contributed by atoms with van der Waals surface area (Å²) in [6, 6.07) is 0. The van der Waals surface area contributed by atoms with Gasteiger partial charge in [0.2, 0.25) is 0 Å². The molecule has 0 aromatic rings. The fourth-order valence-electron chi connectivity index (χ4n) is 3.33. The van der Waals surface area contributed by atoms with Crippen LogP contribution in [0.4, 0.5) is 0 Å². The minimum Gasteiger partial charge on any atom is -0.329 e. The van der Waals surface area contributed by atoms with E-state index in [0.29, 0.717) is 25.1 Å². The molecule has 4 atom stereocenters. The van der Waals surface area contributed by atoms with Crippen molar-refractivity contribution in [2.75, 3.05) is 0 Å². The molecule has 1 N–H and O–H groups in total. The number of rotatable bonds is 0. The van der Waals surface area contributed by atoms with Crippen LogP contribution in [0.2, 0.25) is 25.3 Å². The Bertz CT molecular complexity index is 243. The van der Waals surface area contributed by atoms with Crippen molar-refractivity contribution in [3.63, 3.8) is 0 Å². The summed E-state index contributed by atoms with van der Waals surface area (Å²) in [5.41, 5.74) is 0.977. The van der Waals surface area contributed by atoms with Crippen molar-refractivity contribution in [2.45, 2.75) is 59.9 Å². The van der Waals surface area contributed by atoms with Gasteiger partial charge in [-0.25, -0.2) is 0 Å². The van der Waals surface area contributed by atoms with E-state index in [0.717, 1.165) is 23.3 Å². The predicted octanol–water partition coefficient (Wildman–Crippen LogP) is 4.04. The summed E-state index contributed by atoms with van der Waals surface area (Å²) >= 11 is 0. The molecule has 0 aromatic heterocycles. The lowest BCUT2D eigenvalue weighted by Crippen LogP contribution is -2.47. The smallest absolute Gasteiger partial charge is 0.181 e. The zero-order valence-electron chi connectivity index (χ0n) is 12.0. The molecule has 1 aliphatic heterocycles. The first-order valence-corrected chi connectivity index (χ1v) is 6.87. The highest BCUT2D eigenvalue weighted by molar-refractivity contribution is 7.19. The summed E-state index contributed by atoms with van der Waals surface area (Å²) in [7, 11) is 0. The Hall–Kier alpha value is -0.200. The van der Waals surface area contributed by atoms with Crippen LogP contribution in [0.5, 0.6) is 0 Å². The minimum atomic E-state index is 0.447. The van der Waals surface area contributed by atoms with Crippen LogP contribution in [-0.2, 0) is 0 Å². The molecule has 0 amide bonds. The van der Waals surface area contributed by atoms with Crippen molar-refractivity contribution in [1.29, 1.82) is 5.41 Å². The Labute approximate surface area is 102 Å². The molecule has 1 fully saturated rings. The molecule has 3 heteroatoms. The molecule has 1 nitrogen and oxygen atoms in total. The Morgan fingerprint density at radius 1 is 0.750 bits per heavy atom. The quantitative estimate of drug-likeness (QED) is 0.594. The number of hydrogen-bond donors (Lipinski definition) is 1. The number of hydrogen-bond acceptors (Lipinski definition) is 1. The minimum absolute atomic E-state index is 0.447. The molecule has 1 saturated heterocycles. The summed E-state index contributed by atoms with van der Waals surface area (Å²) in [6.45, 7) is 17.2. The molecule has 0 radical (unpaired) electrons. The van der Waals surface area contributed by atoms with Gasteiger partial charge in [0.25, 0.3) is 0 Å². The monoisotopic (exact) mass is 219 g/mol. The average Bonchev–Trinajstić information content (AvgIpc) is 2.30. The third kappa shape index (κ3) is 2.24. The lowest BCUT2D eigenvalue weighted by Gasteiger charge is -2.41. The SMILES string of the molecule is CB1C(=N)B(C)C(C)C(C)C(C)C(C)C1C. The van der Waals surface area contributed by atoms with Crippen LogP contribution in [0.25, 0.3) is 0 Å². The molecule has 16 heavy (non-hydrogen) atoms. The first kappa shape index (κ1) is 13.9. The van der Waals surface area contributed by atoms with Gasteiger partial charge in [-0.3, -0.25) is 0 Å². The Morgan fingerprint density at radius 3 is 1.38 bits per heavy atom. The van der Waals surface area contributed by atoms with Gasteiger partial charge in [0, 0.05) is 0 Å². The molecule has 0 spiro atoms. The zero-order chi connectivity index (χ0) is 12.6. The van der Waals surface area contributed by atoms with Gasteiger partial charge in [0.1, 0.15) is 0 Å². The first-order chi connectivity index (χ1) is 7.29. The largest absolute Gasteiger partial charge is 0.329 e. The Balaban J connectivity index is 3.03. The molecular formula is C13H27B2N. The Morgan fingerprint density at radius 2 is 1.06 bits per heavy atom. The van der Waals surface area contributed by atoms with Crippen molar-refractivity contribution < 1.29 is 0 Å². The molecule has 0 aliphatic carbocycles. The summed E-state index contributed by atoms with van der Waals surface area (Å²) in [5, 5.41) is 8.34. The van der Waals surface area contributed by atoms with Crippen molar-refractivity contribution >= 4 is 18.9 Å². The standard InChI is InChI=1S/C13H27B2N/c1-8-9(2)11(4)14(6)13(16)15(7)12(5)10(8)3/h8-12,16H,1-7H3. The van der Waals surface area contributed by atoms with Gasteiger partial charge in [-0.05, 0) is 17.8 Å². The van der Waals surface area contributed by atoms with Crippen LogP contribution in [0.3, 0.4) is 0 Å². The van der Waals surface area contributed by atoms with Crippen LogP contribution < -0.4 is 0 Å². The molecule has 0 saturated carbocycles. The highest BCUT2D eigenvalue weighted by atomic mass is 14.4. The van der Waals surface area contributed by atoms with E-state index in [1.54, 1.807) is 0 Å². The van der Waals surface area contributed by atoms with Crippen molar-refractivity contribution in [3.8, 4) is 0 Å². The van der Waals surface area contributed by atoms with E-state index in [1.807, 2.05) is 0 Å². The van der Waals surface area contributed by atoms with Crippen molar-refractivity contribution in [3.05, 3.63) is 0 Å². The fourth-order valence-corrected chi connectivity index (χ4v) is 3.33. The Kier molecular flexibility index (Phi) is 4.31. The highest BCUT2D eigenvalue weighted by Gasteiger charge is 2.40. The predicted molar refractivity (Wildman–Crippen MR) is 77.3 cm³/mol. The normalized spacial score (nSPS) is 41.9. The van der Waals surface area contributed by atoms with Crippen molar-refractivity contribution in [2.24, 2.45) is 17.8 Å². The van der Waals surface area contributed by atoms with Gasteiger partial charge in [-0.15, -0.1) is 0 Å². The average molecular weight is 219 g/mol. The second-order valence-electron chi connectivity index (χ2n) is 6.33. The van der Waals surface area contributed by atoms with E-state index in [1.165, 1.54) is 0 Å². The van der Waals surface area contributed by atoms with E-state index >= 15 is 0 Å². The van der Waals surface area contributed by atoms with E-state index in [-0.39, 0.29) is 0 Å². The highest BCUT2D eigenvalue weighted by Crippen LogP contribution is 2.41. The molecule has 1 aliphatic rings. The third-order valence-corrected chi connectivity index (χ3v) is 5.88. The van der Waals surface area contributed by atoms with Crippen LogP contribution >= 0.6 is 0 Å². The van der Waals surface area contributed by atoms with Gasteiger partial charge < -0.3 is 5.41 Å². The van der Waals surface area contributed by atoms with E-state index in [9.17, 15) is 0 Å². The summed E-state index contributed by atoms with van der Waals surface area (Å²) in [6.07, 6.45) is 0. The van der Waals surface area contributed by atoms with Gasteiger partial charge in [0.05, 0.1) is 0 Å². The van der Waals surface area contributed by atoms with Gasteiger partial charge in [0.15, 0.2) is 13.4 Å². The van der Waals surface area contributed by atoms with Crippen LogP contribution in [0.1, 0.15) is 34.6 Å². The molecular weight excluding hydrogens is 192 g/mol. The van der Waals surface area contributed by atoms with Crippen LogP contribution in [-0.4, -0.2) is 18.9 Å². The fraction of sp³-hybridized carbons (Fsp3) is 0.923. The van der Waals surface area contributed by atoms with Crippen molar-refractivity contribution in [1.82, 2.24) is 0 Å². The third-order valence-electron chi connectivity index (χ3n) is 5.88. The molecule has 1 heterocycles. The van der Waals surface area contributed by atoms with Gasteiger partial charge in [-0.1, -0.05) is 65.4 Å². The number of nitrogens with one attached hydrogen (secondary N) is 1. The summed E-state index contributed by atoms with van der Waals surface area (Å²) < 4.78 is 0. The van der Waals surface area contributed by atoms with E-state index in [4.69, 9.17) is 5.41 Å². The van der Waals surface area contributed by atoms with E-state index in [2.05, 4.69) is 48.3 Å². The van der Waals surface area contributed by atoms with Gasteiger partial charge in [-0.2, -0.15) is 0 Å². The molecule has 1 rings (SSSR count). The second kappa shape index (κ2) is 4.98. The lowest BCUT2D eigenvalue weighted by atomic mass is 9.19. The maximum Gasteiger partial charge on any atom is 0.181 e. The summed E-state index contributed by atoms with van der Waals surface area (Å²) in [5.74, 6) is 3.49. The lowest BCUT2D eigenvalue weighted by molar-refractivity contribution is 0.263. The van der Waals surface area contributed by atoms with E-state index < -0.39 is 0 Å². The van der Waals surface area contributed by atoms with Gasteiger partial charge >= 0.3 is 0 Å². The molecule has 0 aromatic carbocycles.